The highest BCUT2D eigenvalue weighted by molar-refractivity contribution is 5.94. The fraction of sp³-hybridized carbons (Fsp3) is 0.350. The van der Waals surface area contributed by atoms with E-state index in [9.17, 15) is 9.59 Å². The summed E-state index contributed by atoms with van der Waals surface area (Å²) < 4.78 is 0. The molecule has 2 N–H and O–H groups in total. The number of likely N-dealkylation sites (N-methyl/N-ethyl adjacent to an activating group) is 1. The molecule has 8 heteroatoms. The Labute approximate surface area is 163 Å². The van der Waals surface area contributed by atoms with Crippen LogP contribution in [-0.2, 0) is 11.3 Å². The average Bonchev–Trinajstić information content (AvgIpc) is 3.11. The van der Waals surface area contributed by atoms with E-state index >= 15 is 0 Å². The van der Waals surface area contributed by atoms with Crippen LogP contribution < -0.4 is 10.6 Å². The van der Waals surface area contributed by atoms with E-state index < -0.39 is 0 Å². The Morgan fingerprint density at radius 1 is 1.32 bits per heavy atom. The maximum atomic E-state index is 12.5. The van der Waals surface area contributed by atoms with Gasteiger partial charge < -0.3 is 10.6 Å². The van der Waals surface area contributed by atoms with Crippen LogP contribution in [0.3, 0.4) is 0 Å². The lowest BCUT2D eigenvalue weighted by molar-refractivity contribution is -0.125. The van der Waals surface area contributed by atoms with Gasteiger partial charge in [0.05, 0.1) is 11.6 Å². The molecule has 3 rings (SSSR count). The van der Waals surface area contributed by atoms with Gasteiger partial charge in [0.15, 0.2) is 0 Å². The molecule has 3 heterocycles. The number of nitrogens with one attached hydrogen (secondary N) is 2. The quantitative estimate of drug-likeness (QED) is 0.771. The van der Waals surface area contributed by atoms with E-state index in [1.807, 2.05) is 25.1 Å². The van der Waals surface area contributed by atoms with E-state index in [4.69, 9.17) is 5.26 Å². The van der Waals surface area contributed by atoms with Gasteiger partial charge in [-0.1, -0.05) is 6.07 Å². The lowest BCUT2D eigenvalue weighted by Gasteiger charge is -2.23. The van der Waals surface area contributed by atoms with Crippen LogP contribution >= 0.6 is 0 Å². The standard InChI is InChI=1S/C20H22N6O2/c1-2-23-20(28)18-8-17(13-26(18)12-14-4-3-7-22-10-14)25-19(27)15-5-6-16(9-21)24-11-15/h3-7,10-11,17-18H,2,8,12-13H2,1H3,(H,23,28)(H,25,27)/t17-,18-/m0/s1. The van der Waals surface area contributed by atoms with Crippen LogP contribution in [0, 0.1) is 11.3 Å². The molecule has 0 spiro atoms. The van der Waals surface area contributed by atoms with Gasteiger partial charge in [-0.15, -0.1) is 0 Å². The minimum atomic E-state index is -0.315. The number of pyridine rings is 2. The second-order valence-electron chi connectivity index (χ2n) is 6.65. The lowest BCUT2D eigenvalue weighted by atomic mass is 10.1. The Morgan fingerprint density at radius 2 is 2.18 bits per heavy atom. The average molecular weight is 378 g/mol. The minimum Gasteiger partial charge on any atom is -0.355 e. The fourth-order valence-electron chi connectivity index (χ4n) is 3.34. The van der Waals surface area contributed by atoms with Crippen LogP contribution in [0.15, 0.2) is 42.9 Å². The highest BCUT2D eigenvalue weighted by atomic mass is 16.2. The maximum absolute atomic E-state index is 12.5. The summed E-state index contributed by atoms with van der Waals surface area (Å²) >= 11 is 0. The van der Waals surface area contributed by atoms with Crippen LogP contribution in [0.4, 0.5) is 0 Å². The van der Waals surface area contributed by atoms with E-state index in [-0.39, 0.29) is 29.6 Å². The highest BCUT2D eigenvalue weighted by Crippen LogP contribution is 2.21. The van der Waals surface area contributed by atoms with Crippen molar-refractivity contribution in [2.75, 3.05) is 13.1 Å². The van der Waals surface area contributed by atoms with Gasteiger partial charge in [0.2, 0.25) is 5.91 Å². The highest BCUT2D eigenvalue weighted by Gasteiger charge is 2.37. The molecule has 0 radical (unpaired) electrons. The molecule has 2 aromatic rings. The third-order valence-corrected chi connectivity index (χ3v) is 4.64. The SMILES string of the molecule is CCNC(=O)[C@@H]1C[C@H](NC(=O)c2ccc(C#N)nc2)CN1Cc1cccnc1. The van der Waals surface area contributed by atoms with Gasteiger partial charge in [-0.05, 0) is 37.1 Å². The predicted octanol–water partition coefficient (Wildman–Crippen LogP) is 0.857. The van der Waals surface area contributed by atoms with Gasteiger partial charge in [-0.25, -0.2) is 4.98 Å². The molecule has 0 unspecified atom stereocenters. The Hall–Kier alpha value is -3.31. The summed E-state index contributed by atoms with van der Waals surface area (Å²) in [7, 11) is 0. The lowest BCUT2D eigenvalue weighted by Crippen LogP contribution is -2.42. The molecule has 1 aliphatic rings. The molecule has 8 nitrogen and oxygen atoms in total. The van der Waals surface area contributed by atoms with Crippen molar-refractivity contribution in [3.63, 3.8) is 0 Å². The zero-order valence-corrected chi connectivity index (χ0v) is 15.6. The van der Waals surface area contributed by atoms with Crippen molar-refractivity contribution in [2.45, 2.75) is 32.0 Å². The topological polar surface area (TPSA) is 111 Å². The van der Waals surface area contributed by atoms with Crippen molar-refractivity contribution in [1.82, 2.24) is 25.5 Å². The van der Waals surface area contributed by atoms with Crippen molar-refractivity contribution in [1.29, 1.82) is 5.26 Å². The van der Waals surface area contributed by atoms with Crippen molar-refractivity contribution in [3.8, 4) is 6.07 Å². The van der Waals surface area contributed by atoms with Gasteiger partial charge >= 0.3 is 0 Å². The third-order valence-electron chi connectivity index (χ3n) is 4.64. The van der Waals surface area contributed by atoms with Crippen LogP contribution in [0.2, 0.25) is 0 Å². The largest absolute Gasteiger partial charge is 0.355 e. The summed E-state index contributed by atoms with van der Waals surface area (Å²) in [5.74, 6) is -0.303. The molecule has 2 amide bonds. The molecule has 28 heavy (non-hydrogen) atoms. The first-order valence-corrected chi connectivity index (χ1v) is 9.18. The smallest absolute Gasteiger partial charge is 0.253 e. The van der Waals surface area contributed by atoms with Crippen molar-refractivity contribution in [3.05, 3.63) is 59.7 Å². The molecule has 0 aliphatic carbocycles. The number of amides is 2. The number of hydrogen-bond donors (Lipinski definition) is 2. The summed E-state index contributed by atoms with van der Waals surface area (Å²) in [6.45, 7) is 3.59. The fourth-order valence-corrected chi connectivity index (χ4v) is 3.34. The van der Waals surface area contributed by atoms with E-state index in [1.165, 1.54) is 12.3 Å². The second-order valence-corrected chi connectivity index (χ2v) is 6.65. The molecule has 0 saturated carbocycles. The van der Waals surface area contributed by atoms with Crippen molar-refractivity contribution < 1.29 is 9.59 Å². The van der Waals surface area contributed by atoms with Gasteiger partial charge in [0, 0.05) is 44.3 Å². The zero-order valence-electron chi connectivity index (χ0n) is 15.6. The van der Waals surface area contributed by atoms with Gasteiger partial charge in [0.25, 0.3) is 5.91 Å². The van der Waals surface area contributed by atoms with Crippen LogP contribution in [0.1, 0.15) is 35.0 Å². The Bertz CT molecular complexity index is 863. The molecule has 0 aromatic carbocycles. The molecule has 144 valence electrons. The second kappa shape index (κ2) is 9.06. The molecule has 2 aromatic heterocycles. The van der Waals surface area contributed by atoms with Crippen LogP contribution in [0.25, 0.3) is 0 Å². The van der Waals surface area contributed by atoms with Gasteiger partial charge in [-0.2, -0.15) is 5.26 Å². The Kier molecular flexibility index (Phi) is 6.29. The Morgan fingerprint density at radius 3 is 2.82 bits per heavy atom. The third kappa shape index (κ3) is 4.69. The predicted molar refractivity (Wildman–Crippen MR) is 102 cm³/mol. The number of carbonyl (C=O) groups is 2. The number of hydrogen-bond acceptors (Lipinski definition) is 6. The monoisotopic (exact) mass is 378 g/mol. The summed E-state index contributed by atoms with van der Waals surface area (Å²) in [5.41, 5.74) is 1.66. The number of likely N-dealkylation sites (tertiary alicyclic amines) is 1. The van der Waals surface area contributed by atoms with E-state index in [2.05, 4.69) is 25.5 Å². The zero-order chi connectivity index (χ0) is 19.9. The number of nitriles is 1. The molecular formula is C20H22N6O2. The molecule has 1 aliphatic heterocycles. The number of carbonyl (C=O) groups excluding carboxylic acids is 2. The summed E-state index contributed by atoms with van der Waals surface area (Å²) in [4.78, 5) is 35.1. The first-order chi connectivity index (χ1) is 13.6. The van der Waals surface area contributed by atoms with Gasteiger partial charge in [0.1, 0.15) is 11.8 Å². The summed E-state index contributed by atoms with van der Waals surface area (Å²) in [6.07, 6.45) is 5.41. The van der Waals surface area contributed by atoms with E-state index in [0.717, 1.165) is 5.56 Å². The van der Waals surface area contributed by atoms with E-state index in [0.29, 0.717) is 31.6 Å². The molecule has 1 saturated heterocycles. The number of rotatable bonds is 6. The van der Waals surface area contributed by atoms with Crippen molar-refractivity contribution >= 4 is 11.8 Å². The number of aromatic nitrogens is 2. The molecule has 1 fully saturated rings. The molecule has 0 bridgehead atoms. The summed E-state index contributed by atoms with van der Waals surface area (Å²) in [5, 5.41) is 14.7. The minimum absolute atomic E-state index is 0.0387. The van der Waals surface area contributed by atoms with Crippen LogP contribution in [0.5, 0.6) is 0 Å². The first-order valence-electron chi connectivity index (χ1n) is 9.18. The molecular weight excluding hydrogens is 356 g/mol. The number of nitrogens with zero attached hydrogens (tertiary/aromatic N) is 4. The normalized spacial score (nSPS) is 19.0. The first kappa shape index (κ1) is 19.5. The van der Waals surface area contributed by atoms with E-state index in [1.54, 1.807) is 18.5 Å². The summed E-state index contributed by atoms with van der Waals surface area (Å²) in [6, 6.07) is 8.37. The van der Waals surface area contributed by atoms with Crippen LogP contribution in [-0.4, -0.2) is 51.9 Å². The van der Waals surface area contributed by atoms with Crippen molar-refractivity contribution in [2.24, 2.45) is 0 Å². The molecule has 2 atom stereocenters. The maximum Gasteiger partial charge on any atom is 0.253 e. The van der Waals surface area contributed by atoms with Gasteiger partial charge in [-0.3, -0.25) is 19.5 Å². The Balaban J connectivity index is 1.68.